The van der Waals surface area contributed by atoms with Gasteiger partial charge in [0, 0.05) is 29.8 Å². The van der Waals surface area contributed by atoms with Crippen molar-refractivity contribution in [3.05, 3.63) is 76.4 Å². The number of nitrogens with zero attached hydrogens (tertiary/aromatic N) is 3. The summed E-state index contributed by atoms with van der Waals surface area (Å²) in [6.45, 7) is 3.60. The number of rotatable bonds is 2. The number of nitrogens with one attached hydrogen (secondary N) is 1. The van der Waals surface area contributed by atoms with Gasteiger partial charge in [-0.1, -0.05) is 42.5 Å². The maximum absolute atomic E-state index is 13.0. The Morgan fingerprint density at radius 2 is 1.73 bits per heavy atom. The van der Waals surface area contributed by atoms with Gasteiger partial charge in [0.2, 0.25) is 0 Å². The summed E-state index contributed by atoms with van der Waals surface area (Å²) < 4.78 is 5.29. The van der Waals surface area contributed by atoms with Crippen LogP contribution in [-0.2, 0) is 9.53 Å². The van der Waals surface area contributed by atoms with Crippen LogP contribution < -0.4 is 5.32 Å². The van der Waals surface area contributed by atoms with E-state index in [9.17, 15) is 14.9 Å². The SMILES string of the molecule is Cc1ccccc1C(=O)NC1=N/C(=C(/C#N)C(=O)N2CCOCC2)c2ccccc21. The molecule has 2 amide bonds. The Morgan fingerprint density at radius 1 is 1.07 bits per heavy atom. The predicted molar refractivity (Wildman–Crippen MR) is 112 cm³/mol. The molecule has 2 aromatic rings. The number of aryl methyl sites for hydroxylation is 1. The Morgan fingerprint density at radius 3 is 2.43 bits per heavy atom. The molecule has 0 atom stereocenters. The van der Waals surface area contributed by atoms with Crippen LogP contribution in [0.4, 0.5) is 0 Å². The van der Waals surface area contributed by atoms with Crippen molar-refractivity contribution in [2.75, 3.05) is 26.3 Å². The van der Waals surface area contributed by atoms with Crippen molar-refractivity contribution >= 4 is 23.3 Å². The number of morpholine rings is 1. The number of hydrogen-bond acceptors (Lipinski definition) is 5. The Hall–Kier alpha value is -3.76. The minimum Gasteiger partial charge on any atom is -0.378 e. The maximum atomic E-state index is 13.0. The summed E-state index contributed by atoms with van der Waals surface area (Å²) in [5.74, 6) is -0.335. The number of benzene rings is 2. The minimum absolute atomic E-state index is 0.0375. The van der Waals surface area contributed by atoms with E-state index in [1.807, 2.05) is 43.3 Å². The third-order valence-corrected chi connectivity index (χ3v) is 5.14. The van der Waals surface area contributed by atoms with E-state index in [-0.39, 0.29) is 23.1 Å². The van der Waals surface area contributed by atoms with E-state index in [2.05, 4.69) is 10.3 Å². The standard InChI is InChI=1S/C23H20N4O3/c1-15-6-2-3-7-16(15)22(28)26-21-18-9-5-4-8-17(18)20(25-21)19(14-24)23(29)27-10-12-30-13-11-27/h2-9H,10-13H2,1H3,(H,25,26,28)/b20-19-. The molecule has 2 aliphatic rings. The predicted octanol–water partition coefficient (Wildman–Crippen LogP) is 2.28. The van der Waals surface area contributed by atoms with Gasteiger partial charge in [0.05, 0.1) is 18.9 Å². The molecule has 2 aliphatic heterocycles. The van der Waals surface area contributed by atoms with E-state index >= 15 is 0 Å². The monoisotopic (exact) mass is 400 g/mol. The zero-order valence-electron chi connectivity index (χ0n) is 16.5. The molecule has 2 aromatic carbocycles. The fourth-order valence-electron chi connectivity index (χ4n) is 3.54. The first-order chi connectivity index (χ1) is 14.6. The molecular formula is C23H20N4O3. The lowest BCUT2D eigenvalue weighted by atomic mass is 10.0. The second-order valence-corrected chi connectivity index (χ2v) is 7.02. The highest BCUT2D eigenvalue weighted by Gasteiger charge is 2.30. The van der Waals surface area contributed by atoms with Crippen LogP contribution in [0.25, 0.3) is 5.70 Å². The van der Waals surface area contributed by atoms with Crippen molar-refractivity contribution in [1.29, 1.82) is 5.26 Å². The molecule has 7 nitrogen and oxygen atoms in total. The van der Waals surface area contributed by atoms with Crippen molar-refractivity contribution in [1.82, 2.24) is 10.2 Å². The Bertz CT molecular complexity index is 1120. The normalized spacial score (nSPS) is 16.9. The highest BCUT2D eigenvalue weighted by molar-refractivity contribution is 6.20. The molecule has 0 unspecified atom stereocenters. The first-order valence-corrected chi connectivity index (χ1v) is 9.67. The molecule has 30 heavy (non-hydrogen) atoms. The lowest BCUT2D eigenvalue weighted by Gasteiger charge is -2.26. The molecule has 1 saturated heterocycles. The molecule has 0 aromatic heterocycles. The van der Waals surface area contributed by atoms with Gasteiger partial charge in [0.1, 0.15) is 17.5 Å². The summed E-state index contributed by atoms with van der Waals surface area (Å²) in [6.07, 6.45) is 0. The summed E-state index contributed by atoms with van der Waals surface area (Å²) in [6, 6.07) is 16.5. The van der Waals surface area contributed by atoms with E-state index < -0.39 is 0 Å². The molecule has 1 N–H and O–H groups in total. The van der Waals surface area contributed by atoms with Gasteiger partial charge in [-0.3, -0.25) is 9.59 Å². The van der Waals surface area contributed by atoms with Crippen LogP contribution in [0.3, 0.4) is 0 Å². The lowest BCUT2D eigenvalue weighted by molar-refractivity contribution is -0.130. The molecule has 1 fully saturated rings. The molecule has 0 spiro atoms. The highest BCUT2D eigenvalue weighted by atomic mass is 16.5. The van der Waals surface area contributed by atoms with Crippen molar-refractivity contribution < 1.29 is 14.3 Å². The van der Waals surface area contributed by atoms with E-state index in [0.717, 1.165) is 5.56 Å². The first-order valence-electron chi connectivity index (χ1n) is 9.67. The molecule has 7 heteroatoms. The van der Waals surface area contributed by atoms with Gasteiger partial charge in [-0.25, -0.2) is 4.99 Å². The topological polar surface area (TPSA) is 94.8 Å². The summed E-state index contributed by atoms with van der Waals surface area (Å²) in [5.41, 5.74) is 2.96. The van der Waals surface area contributed by atoms with Crippen molar-refractivity contribution in [3.63, 3.8) is 0 Å². The van der Waals surface area contributed by atoms with Crippen LogP contribution >= 0.6 is 0 Å². The molecule has 2 heterocycles. The molecular weight excluding hydrogens is 380 g/mol. The highest BCUT2D eigenvalue weighted by Crippen LogP contribution is 2.31. The van der Waals surface area contributed by atoms with Gasteiger partial charge >= 0.3 is 0 Å². The zero-order valence-corrected chi connectivity index (χ0v) is 16.5. The second-order valence-electron chi connectivity index (χ2n) is 7.02. The number of carbonyl (C=O) groups excluding carboxylic acids is 2. The van der Waals surface area contributed by atoms with Gasteiger partial charge < -0.3 is 15.0 Å². The smallest absolute Gasteiger partial charge is 0.266 e. The van der Waals surface area contributed by atoms with E-state index in [1.54, 1.807) is 23.1 Å². The Balaban J connectivity index is 1.72. The average Bonchev–Trinajstić information content (AvgIpc) is 3.13. The van der Waals surface area contributed by atoms with Gasteiger partial charge in [-0.2, -0.15) is 5.26 Å². The third kappa shape index (κ3) is 3.61. The van der Waals surface area contributed by atoms with Crippen LogP contribution in [0.1, 0.15) is 27.0 Å². The van der Waals surface area contributed by atoms with Crippen LogP contribution in [0.2, 0.25) is 0 Å². The lowest BCUT2D eigenvalue weighted by Crippen LogP contribution is -2.41. The van der Waals surface area contributed by atoms with Crippen molar-refractivity contribution in [3.8, 4) is 6.07 Å². The van der Waals surface area contributed by atoms with Crippen LogP contribution in [0.5, 0.6) is 0 Å². The number of nitriles is 1. The maximum Gasteiger partial charge on any atom is 0.266 e. The van der Waals surface area contributed by atoms with Gasteiger partial charge in [-0.15, -0.1) is 0 Å². The average molecular weight is 400 g/mol. The third-order valence-electron chi connectivity index (χ3n) is 5.14. The van der Waals surface area contributed by atoms with Gasteiger partial charge in [0.15, 0.2) is 0 Å². The van der Waals surface area contributed by atoms with Crippen LogP contribution in [0, 0.1) is 18.3 Å². The number of amides is 2. The number of fused-ring (bicyclic) bond motifs is 1. The number of amidine groups is 1. The van der Waals surface area contributed by atoms with Crippen LogP contribution in [0.15, 0.2) is 59.1 Å². The van der Waals surface area contributed by atoms with Crippen molar-refractivity contribution in [2.24, 2.45) is 4.99 Å². The summed E-state index contributed by atoms with van der Waals surface area (Å²) in [5, 5.41) is 12.6. The summed E-state index contributed by atoms with van der Waals surface area (Å²) in [7, 11) is 0. The second kappa shape index (κ2) is 8.31. The minimum atomic E-state index is -0.374. The van der Waals surface area contributed by atoms with Crippen LogP contribution in [-0.4, -0.2) is 48.9 Å². The fraction of sp³-hybridized carbons (Fsp3) is 0.217. The molecule has 0 saturated carbocycles. The zero-order chi connectivity index (χ0) is 21.1. The van der Waals surface area contributed by atoms with Gasteiger partial charge in [0.25, 0.3) is 11.8 Å². The summed E-state index contributed by atoms with van der Waals surface area (Å²) >= 11 is 0. The van der Waals surface area contributed by atoms with E-state index in [0.29, 0.717) is 48.8 Å². The van der Waals surface area contributed by atoms with Gasteiger partial charge in [-0.05, 0) is 18.6 Å². The number of aliphatic imine (C=N–C) groups is 1. The molecule has 0 aliphatic carbocycles. The van der Waals surface area contributed by atoms with E-state index in [1.165, 1.54) is 0 Å². The first kappa shape index (κ1) is 19.6. The quantitative estimate of drug-likeness (QED) is 0.618. The summed E-state index contributed by atoms with van der Waals surface area (Å²) in [4.78, 5) is 31.8. The van der Waals surface area contributed by atoms with Crippen molar-refractivity contribution in [2.45, 2.75) is 6.92 Å². The molecule has 150 valence electrons. The fourth-order valence-corrected chi connectivity index (χ4v) is 3.54. The number of hydrogen-bond donors (Lipinski definition) is 1. The number of carbonyl (C=O) groups is 2. The largest absolute Gasteiger partial charge is 0.378 e. The number of ether oxygens (including phenoxy) is 1. The molecule has 0 radical (unpaired) electrons. The Kier molecular flexibility index (Phi) is 5.42. The Labute approximate surface area is 174 Å². The van der Waals surface area contributed by atoms with E-state index in [4.69, 9.17) is 4.74 Å². The molecule has 4 rings (SSSR count). The molecule has 0 bridgehead atoms.